The fourth-order valence-corrected chi connectivity index (χ4v) is 1.75. The Bertz CT molecular complexity index is 595. The summed E-state index contributed by atoms with van der Waals surface area (Å²) in [4.78, 5) is 11.0. The maximum Gasteiger partial charge on any atom is 0.266 e. The van der Waals surface area contributed by atoms with Gasteiger partial charge in [-0.3, -0.25) is 4.79 Å². The molecule has 1 aromatic heterocycles. The largest absolute Gasteiger partial charge is 0.383 e. The zero-order chi connectivity index (χ0) is 13.0. The highest BCUT2D eigenvalue weighted by atomic mass is 19.1. The lowest BCUT2D eigenvalue weighted by Gasteiger charge is -2.07. The van der Waals surface area contributed by atoms with Gasteiger partial charge in [-0.25, -0.2) is 9.49 Å². The second-order valence-corrected chi connectivity index (χ2v) is 4.08. The number of nitrogens with zero attached hydrogens (tertiary/aromatic N) is 1. The van der Waals surface area contributed by atoms with Gasteiger partial charge in [-0.15, -0.1) is 0 Å². The van der Waals surface area contributed by atoms with Crippen molar-refractivity contribution in [2.75, 3.05) is 11.9 Å². The van der Waals surface area contributed by atoms with Gasteiger partial charge in [0.2, 0.25) is 0 Å². The van der Waals surface area contributed by atoms with E-state index in [1.807, 2.05) is 6.92 Å². The fraction of sp³-hybridized carbons (Fsp3) is 0.231. The van der Waals surface area contributed by atoms with E-state index in [1.165, 1.54) is 18.2 Å². The molecule has 5 heteroatoms. The predicted molar refractivity (Wildman–Crippen MR) is 68.2 cm³/mol. The van der Waals surface area contributed by atoms with Crippen LogP contribution in [-0.2, 0) is 6.42 Å². The zero-order valence-corrected chi connectivity index (χ0v) is 10.0. The third-order valence-corrected chi connectivity index (χ3v) is 2.69. The molecule has 0 atom stereocenters. The first-order valence-electron chi connectivity index (χ1n) is 5.69. The summed E-state index contributed by atoms with van der Waals surface area (Å²) >= 11 is 0. The molecular formula is C13H14FN3O. The second kappa shape index (κ2) is 5.44. The van der Waals surface area contributed by atoms with Gasteiger partial charge in [-0.05, 0) is 36.6 Å². The van der Waals surface area contributed by atoms with Gasteiger partial charge >= 0.3 is 0 Å². The molecule has 1 aromatic carbocycles. The third kappa shape index (κ3) is 3.16. The lowest BCUT2D eigenvalue weighted by Crippen LogP contribution is -2.11. The molecule has 2 rings (SSSR count). The number of anilines is 1. The SMILES string of the molecule is Cc1cc(F)ccc1CCNc1cn[nH]c(=O)c1. The molecule has 0 amide bonds. The quantitative estimate of drug-likeness (QED) is 0.867. The molecule has 0 saturated carbocycles. The molecule has 1 heterocycles. The summed E-state index contributed by atoms with van der Waals surface area (Å²) in [7, 11) is 0. The molecule has 0 saturated heterocycles. The van der Waals surface area contributed by atoms with Crippen LogP contribution in [0.1, 0.15) is 11.1 Å². The average Bonchev–Trinajstić information content (AvgIpc) is 2.32. The molecule has 0 spiro atoms. The van der Waals surface area contributed by atoms with Gasteiger partial charge in [0.25, 0.3) is 5.56 Å². The number of aromatic amines is 1. The fourth-order valence-electron chi connectivity index (χ4n) is 1.75. The average molecular weight is 247 g/mol. The van der Waals surface area contributed by atoms with Crippen molar-refractivity contribution in [1.29, 1.82) is 0 Å². The molecule has 0 aliphatic rings. The molecule has 0 fully saturated rings. The van der Waals surface area contributed by atoms with Gasteiger partial charge in [0, 0.05) is 12.6 Å². The Hall–Kier alpha value is -2.17. The highest BCUT2D eigenvalue weighted by molar-refractivity contribution is 5.39. The van der Waals surface area contributed by atoms with Crippen molar-refractivity contribution in [3.8, 4) is 0 Å². The Balaban J connectivity index is 1.94. The molecule has 0 unspecified atom stereocenters. The Kier molecular flexibility index (Phi) is 3.72. The van der Waals surface area contributed by atoms with E-state index in [9.17, 15) is 9.18 Å². The van der Waals surface area contributed by atoms with Crippen LogP contribution in [0.2, 0.25) is 0 Å². The third-order valence-electron chi connectivity index (χ3n) is 2.69. The standard InChI is InChI=1S/C13H14FN3O/c1-9-6-11(14)3-2-10(9)4-5-15-12-7-13(18)17-16-8-12/h2-3,6-8H,4-5H2,1H3,(H2,15,17,18). The number of aryl methyl sites for hydroxylation is 1. The van der Waals surface area contributed by atoms with Crippen molar-refractivity contribution in [3.05, 3.63) is 57.8 Å². The molecular weight excluding hydrogens is 233 g/mol. The summed E-state index contributed by atoms with van der Waals surface area (Å²) in [6.07, 6.45) is 2.32. The number of H-pyrrole nitrogens is 1. The molecule has 0 aliphatic carbocycles. The van der Waals surface area contributed by atoms with Crippen LogP contribution in [0.4, 0.5) is 10.1 Å². The summed E-state index contributed by atoms with van der Waals surface area (Å²) in [6.45, 7) is 2.55. The Morgan fingerprint density at radius 1 is 1.39 bits per heavy atom. The van der Waals surface area contributed by atoms with Crippen LogP contribution in [0.25, 0.3) is 0 Å². The van der Waals surface area contributed by atoms with Gasteiger partial charge in [0.05, 0.1) is 11.9 Å². The molecule has 2 N–H and O–H groups in total. The van der Waals surface area contributed by atoms with Crippen LogP contribution in [0.3, 0.4) is 0 Å². The van der Waals surface area contributed by atoms with Crippen molar-refractivity contribution in [3.63, 3.8) is 0 Å². The first kappa shape index (κ1) is 12.3. The summed E-state index contributed by atoms with van der Waals surface area (Å²) in [6, 6.07) is 6.20. The summed E-state index contributed by atoms with van der Waals surface area (Å²) in [5, 5.41) is 9.10. The monoisotopic (exact) mass is 247 g/mol. The smallest absolute Gasteiger partial charge is 0.266 e. The van der Waals surface area contributed by atoms with E-state index < -0.39 is 0 Å². The van der Waals surface area contributed by atoms with Crippen molar-refractivity contribution in [1.82, 2.24) is 10.2 Å². The van der Waals surface area contributed by atoms with E-state index in [0.29, 0.717) is 12.2 Å². The first-order chi connectivity index (χ1) is 8.65. The highest BCUT2D eigenvalue weighted by Crippen LogP contribution is 2.11. The molecule has 0 aliphatic heterocycles. The molecule has 94 valence electrons. The van der Waals surface area contributed by atoms with Crippen molar-refractivity contribution in [2.24, 2.45) is 0 Å². The number of hydrogen-bond donors (Lipinski definition) is 2. The highest BCUT2D eigenvalue weighted by Gasteiger charge is 2.00. The zero-order valence-electron chi connectivity index (χ0n) is 10.0. The maximum absolute atomic E-state index is 12.9. The van der Waals surface area contributed by atoms with E-state index in [4.69, 9.17) is 0 Å². The van der Waals surface area contributed by atoms with E-state index >= 15 is 0 Å². The van der Waals surface area contributed by atoms with E-state index in [0.717, 1.165) is 17.5 Å². The van der Waals surface area contributed by atoms with Gasteiger partial charge in [0.1, 0.15) is 5.82 Å². The minimum Gasteiger partial charge on any atom is -0.383 e. The minimum atomic E-state index is -0.238. The summed E-state index contributed by atoms with van der Waals surface area (Å²) in [5.74, 6) is -0.219. The van der Waals surface area contributed by atoms with Crippen LogP contribution in [0.5, 0.6) is 0 Å². The number of nitrogens with one attached hydrogen (secondary N) is 2. The summed E-state index contributed by atoms with van der Waals surface area (Å²) < 4.78 is 12.9. The lowest BCUT2D eigenvalue weighted by molar-refractivity contribution is 0.625. The van der Waals surface area contributed by atoms with Gasteiger partial charge in [-0.1, -0.05) is 6.07 Å². The second-order valence-electron chi connectivity index (χ2n) is 4.08. The van der Waals surface area contributed by atoms with Crippen LogP contribution in [0, 0.1) is 12.7 Å². The molecule has 2 aromatic rings. The number of benzene rings is 1. The van der Waals surface area contributed by atoms with E-state index in [-0.39, 0.29) is 11.4 Å². The van der Waals surface area contributed by atoms with Crippen LogP contribution >= 0.6 is 0 Å². The van der Waals surface area contributed by atoms with Crippen molar-refractivity contribution < 1.29 is 4.39 Å². The molecule has 0 radical (unpaired) electrons. The Labute approximate surface area is 104 Å². The van der Waals surface area contributed by atoms with Gasteiger partial charge in [-0.2, -0.15) is 5.10 Å². The first-order valence-corrected chi connectivity index (χ1v) is 5.69. The van der Waals surface area contributed by atoms with Crippen LogP contribution in [0.15, 0.2) is 35.3 Å². The topological polar surface area (TPSA) is 57.8 Å². The van der Waals surface area contributed by atoms with Crippen molar-refractivity contribution >= 4 is 5.69 Å². The Morgan fingerprint density at radius 3 is 2.94 bits per heavy atom. The number of rotatable bonds is 4. The number of halogens is 1. The molecule has 18 heavy (non-hydrogen) atoms. The normalized spacial score (nSPS) is 10.3. The summed E-state index contributed by atoms with van der Waals surface area (Å²) in [5.41, 5.74) is 2.46. The number of hydrogen-bond acceptors (Lipinski definition) is 3. The van der Waals surface area contributed by atoms with Crippen molar-refractivity contribution in [2.45, 2.75) is 13.3 Å². The van der Waals surface area contributed by atoms with Crippen LogP contribution < -0.4 is 10.9 Å². The minimum absolute atomic E-state index is 0.219. The molecule has 0 bridgehead atoms. The molecule has 4 nitrogen and oxygen atoms in total. The lowest BCUT2D eigenvalue weighted by atomic mass is 10.1. The predicted octanol–water partition coefficient (Wildman–Crippen LogP) is 1.87. The van der Waals surface area contributed by atoms with Gasteiger partial charge in [0.15, 0.2) is 0 Å². The maximum atomic E-state index is 12.9. The number of aromatic nitrogens is 2. The van der Waals surface area contributed by atoms with Gasteiger partial charge < -0.3 is 5.32 Å². The Morgan fingerprint density at radius 2 is 2.22 bits per heavy atom. The van der Waals surface area contributed by atoms with E-state index in [1.54, 1.807) is 12.3 Å². The van der Waals surface area contributed by atoms with Crippen LogP contribution in [-0.4, -0.2) is 16.7 Å². The van der Waals surface area contributed by atoms with E-state index in [2.05, 4.69) is 15.5 Å².